The zero-order valence-electron chi connectivity index (χ0n) is 16.1. The van der Waals surface area contributed by atoms with E-state index < -0.39 is 5.41 Å². The molecular weight excluding hydrogens is 456 g/mol. The van der Waals surface area contributed by atoms with Gasteiger partial charge >= 0.3 is 0 Å². The van der Waals surface area contributed by atoms with Crippen LogP contribution in [0.5, 0.6) is 0 Å². The highest BCUT2D eigenvalue weighted by Gasteiger charge is 2.24. The second-order valence-corrected chi connectivity index (χ2v) is 6.96. The molecule has 0 aromatic heterocycles. The Hall–Kier alpha value is -1.67. The minimum atomic E-state index is -0.390. The molecule has 0 spiro atoms. The van der Waals surface area contributed by atoms with Gasteiger partial charge in [0.25, 0.3) is 0 Å². The van der Waals surface area contributed by atoms with Crippen LogP contribution in [-0.4, -0.2) is 37.8 Å². The highest BCUT2D eigenvalue weighted by Crippen LogP contribution is 2.24. The third-order valence-corrected chi connectivity index (χ3v) is 4.53. The summed E-state index contributed by atoms with van der Waals surface area (Å²) in [5, 5.41) is 16.2. The molecule has 6 heteroatoms. The van der Waals surface area contributed by atoms with Crippen LogP contribution in [0.4, 0.5) is 4.39 Å². The lowest BCUT2D eigenvalue weighted by Gasteiger charge is -2.27. The molecule has 0 saturated heterocycles. The van der Waals surface area contributed by atoms with E-state index in [4.69, 9.17) is 0 Å². The summed E-state index contributed by atoms with van der Waals surface area (Å²) in [6, 6.07) is 16.7. The largest absolute Gasteiger partial charge is 0.396 e. The number of benzene rings is 2. The van der Waals surface area contributed by atoms with Crippen LogP contribution in [0.2, 0.25) is 0 Å². The van der Waals surface area contributed by atoms with Gasteiger partial charge in [-0.15, -0.1) is 24.0 Å². The fourth-order valence-electron chi connectivity index (χ4n) is 2.86. The van der Waals surface area contributed by atoms with E-state index in [0.717, 1.165) is 5.56 Å². The molecule has 1 atom stereocenters. The molecule has 2 rings (SSSR count). The van der Waals surface area contributed by atoms with Crippen molar-refractivity contribution < 1.29 is 9.50 Å². The fourth-order valence-corrected chi connectivity index (χ4v) is 2.86. The number of guanidine groups is 1. The predicted molar refractivity (Wildman–Crippen MR) is 120 cm³/mol. The molecule has 27 heavy (non-hydrogen) atoms. The van der Waals surface area contributed by atoms with Gasteiger partial charge in [0, 0.05) is 31.5 Å². The van der Waals surface area contributed by atoms with Crippen molar-refractivity contribution in [3.8, 4) is 0 Å². The lowest BCUT2D eigenvalue weighted by Crippen LogP contribution is -2.45. The molecule has 0 amide bonds. The molecule has 0 aliphatic carbocycles. The first-order chi connectivity index (χ1) is 12.5. The van der Waals surface area contributed by atoms with Gasteiger partial charge in [-0.2, -0.15) is 0 Å². The maximum atomic E-state index is 14.1. The second kappa shape index (κ2) is 11.2. The maximum Gasteiger partial charge on any atom is 0.191 e. The number of hydrogen-bond donors (Lipinski definition) is 3. The Labute approximate surface area is 178 Å². The van der Waals surface area contributed by atoms with Crippen molar-refractivity contribution in [3.63, 3.8) is 0 Å². The summed E-state index contributed by atoms with van der Waals surface area (Å²) in [6.45, 7) is 5.12. The quantitative estimate of drug-likeness (QED) is 0.319. The monoisotopic (exact) mass is 485 g/mol. The molecule has 0 radical (unpaired) electrons. The summed E-state index contributed by atoms with van der Waals surface area (Å²) >= 11 is 0. The van der Waals surface area contributed by atoms with E-state index in [0.29, 0.717) is 24.6 Å². The van der Waals surface area contributed by atoms with E-state index in [1.165, 1.54) is 6.07 Å². The number of aliphatic hydroxyl groups is 1. The standard InChI is InChI=1S/C21H28FN3O.HI/c1-21(2,18-11-7-8-12-19(18)22)15-25-20(23-3)24-13-17(14-26)16-9-5-4-6-10-16;/h4-12,17,26H,13-15H2,1-3H3,(H2,23,24,25);1H. The first-order valence-electron chi connectivity index (χ1n) is 8.83. The first-order valence-corrected chi connectivity index (χ1v) is 8.83. The molecule has 0 aliphatic rings. The van der Waals surface area contributed by atoms with Crippen LogP contribution in [0.1, 0.15) is 30.9 Å². The topological polar surface area (TPSA) is 56.7 Å². The Bertz CT molecular complexity index is 722. The zero-order valence-corrected chi connectivity index (χ0v) is 18.4. The van der Waals surface area contributed by atoms with Crippen LogP contribution >= 0.6 is 24.0 Å². The molecule has 3 N–H and O–H groups in total. The summed E-state index contributed by atoms with van der Waals surface area (Å²) in [4.78, 5) is 4.23. The molecule has 148 valence electrons. The Morgan fingerprint density at radius 3 is 2.30 bits per heavy atom. The number of aliphatic imine (C=N–C) groups is 1. The van der Waals surface area contributed by atoms with Crippen molar-refractivity contribution in [1.82, 2.24) is 10.6 Å². The van der Waals surface area contributed by atoms with E-state index in [2.05, 4.69) is 15.6 Å². The Morgan fingerprint density at radius 2 is 1.70 bits per heavy atom. The summed E-state index contributed by atoms with van der Waals surface area (Å²) in [7, 11) is 1.70. The van der Waals surface area contributed by atoms with Crippen molar-refractivity contribution in [2.24, 2.45) is 4.99 Å². The number of halogens is 2. The van der Waals surface area contributed by atoms with Gasteiger partial charge in [-0.25, -0.2) is 4.39 Å². The average Bonchev–Trinajstić information content (AvgIpc) is 2.65. The van der Waals surface area contributed by atoms with Gasteiger partial charge in [-0.1, -0.05) is 62.4 Å². The second-order valence-electron chi connectivity index (χ2n) is 6.96. The van der Waals surface area contributed by atoms with Crippen molar-refractivity contribution in [2.45, 2.75) is 25.2 Å². The van der Waals surface area contributed by atoms with Gasteiger partial charge in [0.2, 0.25) is 0 Å². The van der Waals surface area contributed by atoms with Crippen LogP contribution in [0, 0.1) is 5.82 Å². The molecule has 0 fully saturated rings. The van der Waals surface area contributed by atoms with Crippen LogP contribution in [0.25, 0.3) is 0 Å². The molecule has 0 bridgehead atoms. The van der Waals surface area contributed by atoms with Crippen molar-refractivity contribution in [1.29, 1.82) is 0 Å². The number of aliphatic hydroxyl groups excluding tert-OH is 1. The minimum absolute atomic E-state index is 0. The van der Waals surface area contributed by atoms with E-state index in [1.54, 1.807) is 13.1 Å². The third kappa shape index (κ3) is 6.77. The minimum Gasteiger partial charge on any atom is -0.396 e. The molecule has 4 nitrogen and oxygen atoms in total. The number of nitrogens with zero attached hydrogens (tertiary/aromatic N) is 1. The van der Waals surface area contributed by atoms with Gasteiger partial charge in [0.1, 0.15) is 5.82 Å². The summed E-state index contributed by atoms with van der Waals surface area (Å²) in [5.74, 6) is 0.407. The van der Waals surface area contributed by atoms with Crippen LogP contribution in [0.15, 0.2) is 59.6 Å². The Balaban J connectivity index is 0.00000364. The van der Waals surface area contributed by atoms with E-state index in [1.807, 2.05) is 56.3 Å². The smallest absolute Gasteiger partial charge is 0.191 e. The van der Waals surface area contributed by atoms with Gasteiger partial charge in [-0.05, 0) is 17.2 Å². The molecule has 1 unspecified atom stereocenters. The normalized spacial score (nSPS) is 12.9. The summed E-state index contributed by atoms with van der Waals surface area (Å²) in [5.41, 5.74) is 1.35. The maximum absolute atomic E-state index is 14.1. The van der Waals surface area contributed by atoms with Gasteiger partial charge < -0.3 is 15.7 Å². The lowest BCUT2D eigenvalue weighted by molar-refractivity contribution is 0.265. The highest BCUT2D eigenvalue weighted by atomic mass is 127. The van der Waals surface area contributed by atoms with Crippen molar-refractivity contribution in [2.75, 3.05) is 26.7 Å². The van der Waals surface area contributed by atoms with Gasteiger partial charge in [0.15, 0.2) is 5.96 Å². The number of rotatable bonds is 7. The predicted octanol–water partition coefficient (Wildman–Crippen LogP) is 3.66. The molecule has 2 aromatic carbocycles. The van der Waals surface area contributed by atoms with Crippen LogP contribution in [0.3, 0.4) is 0 Å². The molecule has 0 heterocycles. The van der Waals surface area contributed by atoms with E-state index in [9.17, 15) is 9.50 Å². The van der Waals surface area contributed by atoms with Crippen molar-refractivity contribution >= 4 is 29.9 Å². The average molecular weight is 485 g/mol. The highest BCUT2D eigenvalue weighted by molar-refractivity contribution is 14.0. The summed E-state index contributed by atoms with van der Waals surface area (Å²) in [6.07, 6.45) is 0. The molecule has 0 aliphatic heterocycles. The third-order valence-electron chi connectivity index (χ3n) is 4.53. The fraction of sp³-hybridized carbons (Fsp3) is 0.381. The number of hydrogen-bond acceptors (Lipinski definition) is 2. The molecule has 2 aromatic rings. The van der Waals surface area contributed by atoms with Crippen LogP contribution < -0.4 is 10.6 Å². The van der Waals surface area contributed by atoms with E-state index >= 15 is 0 Å². The van der Waals surface area contributed by atoms with Crippen LogP contribution in [-0.2, 0) is 5.41 Å². The summed E-state index contributed by atoms with van der Waals surface area (Å²) < 4.78 is 14.1. The van der Waals surface area contributed by atoms with Gasteiger partial charge in [0.05, 0.1) is 6.61 Å². The van der Waals surface area contributed by atoms with E-state index in [-0.39, 0.29) is 42.3 Å². The molecule has 0 saturated carbocycles. The Morgan fingerprint density at radius 1 is 1.07 bits per heavy atom. The number of nitrogens with one attached hydrogen (secondary N) is 2. The Kier molecular flexibility index (Phi) is 9.73. The zero-order chi connectivity index (χ0) is 19.0. The SMILES string of the molecule is CN=C(NCC(CO)c1ccccc1)NCC(C)(C)c1ccccc1F.I. The molecular formula is C21H29FIN3O. The first kappa shape index (κ1) is 23.4. The van der Waals surface area contributed by atoms with Gasteiger partial charge in [-0.3, -0.25) is 4.99 Å². The van der Waals surface area contributed by atoms with Crippen molar-refractivity contribution in [3.05, 3.63) is 71.5 Å². The lowest BCUT2D eigenvalue weighted by atomic mass is 9.84.